The molecule has 1 amide bonds. The molecule has 4 aliphatic carbocycles. The van der Waals surface area contributed by atoms with E-state index in [0.717, 1.165) is 47.5 Å². The van der Waals surface area contributed by atoms with E-state index >= 15 is 0 Å². The second-order valence-electron chi connectivity index (χ2n) is 14.1. The largest absolute Gasteiger partial charge is 0.393 e. The summed E-state index contributed by atoms with van der Waals surface area (Å²) in [6.07, 6.45) is 6.33. The summed E-state index contributed by atoms with van der Waals surface area (Å²) in [5, 5.41) is 40.3. The van der Waals surface area contributed by atoms with Gasteiger partial charge in [0, 0.05) is 17.4 Å². The highest BCUT2D eigenvalue weighted by atomic mass is 16.3. The summed E-state index contributed by atoms with van der Waals surface area (Å²) in [6.45, 7) is 5.72. The molecule has 0 spiro atoms. The normalized spacial score (nSPS) is 33.8. The minimum absolute atomic E-state index is 0.000834. The number of Topliss-reactive ketones (excluding diaryl/α,β-unsaturated/α-hetero) is 1. The third-order valence-electron chi connectivity index (χ3n) is 11.5. The van der Waals surface area contributed by atoms with Crippen LogP contribution in [-0.2, 0) is 11.2 Å². The van der Waals surface area contributed by atoms with Crippen molar-refractivity contribution < 1.29 is 24.9 Å². The van der Waals surface area contributed by atoms with Crippen LogP contribution in [-0.4, -0.2) is 55.6 Å². The Morgan fingerprint density at radius 3 is 2.66 bits per heavy atom. The van der Waals surface area contributed by atoms with Crippen LogP contribution in [0.4, 0.5) is 5.69 Å². The molecule has 4 aliphatic rings. The number of fused-ring (bicyclic) bond motifs is 6. The fourth-order valence-corrected chi connectivity index (χ4v) is 9.73. The van der Waals surface area contributed by atoms with Crippen LogP contribution in [0.2, 0.25) is 0 Å². The number of ketones is 1. The first-order chi connectivity index (χ1) is 21.0. The van der Waals surface area contributed by atoms with E-state index in [1.54, 1.807) is 6.07 Å². The number of amides is 1. The zero-order chi connectivity index (χ0) is 31.0. The van der Waals surface area contributed by atoms with Gasteiger partial charge in [-0.25, -0.2) is 4.68 Å². The van der Waals surface area contributed by atoms with Crippen molar-refractivity contribution in [1.29, 1.82) is 0 Å². The molecule has 3 fully saturated rings. The molecule has 1 aromatic heterocycles. The fourth-order valence-electron chi connectivity index (χ4n) is 9.73. The molecule has 0 saturated heterocycles. The second-order valence-corrected chi connectivity index (χ2v) is 14.1. The van der Waals surface area contributed by atoms with Crippen molar-refractivity contribution in [2.45, 2.75) is 65.1 Å². The lowest BCUT2D eigenvalue weighted by Crippen LogP contribution is -2.57. The number of nitrogens with one attached hydrogen (secondary N) is 1. The third-order valence-corrected chi connectivity index (χ3v) is 11.5. The van der Waals surface area contributed by atoms with E-state index < -0.39 is 30.1 Å². The first kappa shape index (κ1) is 29.1. The first-order valence-electron chi connectivity index (χ1n) is 15.8. The number of benzene rings is 2. The Labute approximate surface area is 257 Å². The number of aliphatic hydroxyl groups excluding tert-OH is 3. The number of hydrogen-bond donors (Lipinski definition) is 4. The van der Waals surface area contributed by atoms with Crippen LogP contribution in [0.25, 0.3) is 11.8 Å². The van der Waals surface area contributed by atoms with Crippen molar-refractivity contribution in [3.63, 3.8) is 0 Å². The van der Waals surface area contributed by atoms with Crippen LogP contribution in [0.5, 0.6) is 0 Å². The van der Waals surface area contributed by atoms with Gasteiger partial charge >= 0.3 is 0 Å². The van der Waals surface area contributed by atoms with Crippen LogP contribution < -0.4 is 5.32 Å². The highest BCUT2D eigenvalue weighted by molar-refractivity contribution is 6.04. The number of allylic oxidation sites excluding steroid dienone is 1. The van der Waals surface area contributed by atoms with Crippen molar-refractivity contribution in [3.8, 4) is 5.69 Å². The molecule has 3 aromatic rings. The predicted octanol–water partition coefficient (Wildman–Crippen LogP) is 4.73. The smallest absolute Gasteiger partial charge is 0.255 e. The molecule has 0 radical (unpaired) electrons. The third kappa shape index (κ3) is 4.49. The lowest BCUT2D eigenvalue weighted by atomic mass is 9.46. The fraction of sp³-hybridized carbons (Fsp3) is 0.472. The number of rotatable bonds is 5. The van der Waals surface area contributed by atoms with Crippen molar-refractivity contribution in [2.24, 2.45) is 34.5 Å². The molecule has 4 N–H and O–H groups in total. The molecule has 2 aromatic carbocycles. The van der Waals surface area contributed by atoms with Gasteiger partial charge in [0.25, 0.3) is 5.91 Å². The molecular weight excluding hydrogens is 554 g/mol. The average molecular weight is 596 g/mol. The lowest BCUT2D eigenvalue weighted by Gasteiger charge is -2.59. The van der Waals surface area contributed by atoms with E-state index in [4.69, 9.17) is 5.10 Å². The molecule has 8 atom stereocenters. The summed E-state index contributed by atoms with van der Waals surface area (Å²) >= 11 is 0. The van der Waals surface area contributed by atoms with Crippen molar-refractivity contribution in [3.05, 3.63) is 82.7 Å². The van der Waals surface area contributed by atoms with Crippen LogP contribution >= 0.6 is 0 Å². The van der Waals surface area contributed by atoms with Crippen molar-refractivity contribution in [2.75, 3.05) is 11.9 Å². The van der Waals surface area contributed by atoms with Gasteiger partial charge in [-0.05, 0) is 115 Å². The Morgan fingerprint density at radius 2 is 1.89 bits per heavy atom. The highest BCUT2D eigenvalue weighted by Gasteiger charge is 2.65. The number of carbonyl (C=O) groups is 2. The minimum atomic E-state index is -0.786. The van der Waals surface area contributed by atoms with E-state index in [-0.39, 0.29) is 34.9 Å². The Hall–Kier alpha value is -3.59. The zero-order valence-electron chi connectivity index (χ0n) is 25.5. The molecule has 8 heteroatoms. The highest BCUT2D eigenvalue weighted by Crippen LogP contribution is 2.66. The second kappa shape index (κ2) is 10.5. The van der Waals surface area contributed by atoms with Gasteiger partial charge in [-0.3, -0.25) is 9.59 Å². The SMILES string of the molecule is Cc1cccc(NC(=O)c2cccc(-n3cc4c(n3)C=C3CC[C@@H]5[C@H]([C@@H](O)C[C@@]6(C)[C@H]5C[C@@H](O)[C@@H]6C(=O)CO)[C@@]3(C)C4)c2)c1. The van der Waals surface area contributed by atoms with E-state index in [0.29, 0.717) is 18.4 Å². The summed E-state index contributed by atoms with van der Waals surface area (Å²) in [7, 11) is 0. The van der Waals surface area contributed by atoms with E-state index in [9.17, 15) is 24.9 Å². The zero-order valence-corrected chi connectivity index (χ0v) is 25.5. The molecule has 44 heavy (non-hydrogen) atoms. The van der Waals surface area contributed by atoms with Gasteiger partial charge in [0.15, 0.2) is 5.78 Å². The van der Waals surface area contributed by atoms with Gasteiger partial charge in [-0.1, -0.05) is 37.6 Å². The Kier molecular flexibility index (Phi) is 6.95. The number of anilines is 1. The monoisotopic (exact) mass is 595 g/mol. The molecule has 230 valence electrons. The van der Waals surface area contributed by atoms with Crippen LogP contribution in [0.3, 0.4) is 0 Å². The van der Waals surface area contributed by atoms with Crippen LogP contribution in [0.15, 0.2) is 60.3 Å². The average Bonchev–Trinajstić information content (AvgIpc) is 3.51. The van der Waals surface area contributed by atoms with Crippen LogP contribution in [0.1, 0.15) is 66.7 Å². The summed E-state index contributed by atoms with van der Waals surface area (Å²) in [5.41, 5.74) is 5.69. The number of hydrogen-bond acceptors (Lipinski definition) is 6. The summed E-state index contributed by atoms with van der Waals surface area (Å²) in [5.74, 6) is -0.842. The molecule has 7 rings (SSSR count). The van der Waals surface area contributed by atoms with E-state index in [1.807, 2.05) is 67.2 Å². The van der Waals surface area contributed by atoms with E-state index in [2.05, 4.69) is 18.3 Å². The topological polar surface area (TPSA) is 125 Å². The Morgan fingerprint density at radius 1 is 1.09 bits per heavy atom. The number of nitrogens with zero attached hydrogens (tertiary/aromatic N) is 2. The maximum atomic E-state index is 13.1. The quantitative estimate of drug-likeness (QED) is 0.338. The maximum Gasteiger partial charge on any atom is 0.255 e. The van der Waals surface area contributed by atoms with Crippen molar-refractivity contribution >= 4 is 23.5 Å². The standard InChI is InChI=1S/C36H41N3O5/c1-20-6-4-8-24(12-20)37-34(44)21-7-5-9-25(13-21)39-18-22-16-35(2)23(14-28(22)38-39)10-11-26-27-15-29(41)33(31(43)19-40)36(27,3)17-30(42)32(26)35/h4-9,12-14,18,26-27,29-30,32-33,40-42H,10-11,15-17,19H2,1-3H3,(H,37,44)/t26-,27-,29+,30-,32+,33+,35-,36-/m0/s1. The Bertz CT molecular complexity index is 1680. The molecular formula is C36H41N3O5. The van der Waals surface area contributed by atoms with Gasteiger partial charge < -0.3 is 20.6 Å². The van der Waals surface area contributed by atoms with Gasteiger partial charge in [-0.2, -0.15) is 5.10 Å². The van der Waals surface area contributed by atoms with Gasteiger partial charge in [0.1, 0.15) is 6.61 Å². The minimum Gasteiger partial charge on any atom is -0.393 e. The molecule has 3 saturated carbocycles. The number of carbonyl (C=O) groups excluding carboxylic acids is 2. The molecule has 0 bridgehead atoms. The van der Waals surface area contributed by atoms with Gasteiger partial charge in [0.05, 0.1) is 29.5 Å². The molecule has 1 heterocycles. The number of aryl methyl sites for hydroxylation is 1. The summed E-state index contributed by atoms with van der Waals surface area (Å²) in [6, 6.07) is 15.2. The molecule has 8 nitrogen and oxygen atoms in total. The maximum absolute atomic E-state index is 13.1. The lowest BCUT2D eigenvalue weighted by molar-refractivity contribution is -0.146. The summed E-state index contributed by atoms with van der Waals surface area (Å²) in [4.78, 5) is 25.8. The number of aromatic nitrogens is 2. The molecule has 0 unspecified atom stereocenters. The Balaban J connectivity index is 1.15. The van der Waals surface area contributed by atoms with Gasteiger partial charge in [-0.15, -0.1) is 0 Å². The number of aliphatic hydroxyl groups is 3. The van der Waals surface area contributed by atoms with Crippen LogP contribution in [0, 0.1) is 41.4 Å². The molecule has 0 aliphatic heterocycles. The van der Waals surface area contributed by atoms with Gasteiger partial charge in [0.2, 0.25) is 0 Å². The predicted molar refractivity (Wildman–Crippen MR) is 167 cm³/mol. The van der Waals surface area contributed by atoms with Crippen molar-refractivity contribution in [1.82, 2.24) is 9.78 Å². The summed E-state index contributed by atoms with van der Waals surface area (Å²) < 4.78 is 1.84. The first-order valence-corrected chi connectivity index (χ1v) is 15.8. The van der Waals surface area contributed by atoms with E-state index in [1.165, 1.54) is 5.57 Å².